The zero-order valence-corrected chi connectivity index (χ0v) is 12.4. The number of β-amino-alcohol motifs (C(OH)–C–C–N with tert-alkyl or cyclic N) is 1. The van der Waals surface area contributed by atoms with E-state index in [0.29, 0.717) is 11.6 Å². The van der Waals surface area contributed by atoms with E-state index in [2.05, 4.69) is 10.2 Å². The molecule has 0 bridgehead atoms. The van der Waals surface area contributed by atoms with Gasteiger partial charge in [0, 0.05) is 43.2 Å². The van der Waals surface area contributed by atoms with Gasteiger partial charge in [-0.05, 0) is 18.9 Å². The Bertz CT molecular complexity index is 459. The molecule has 20 heavy (non-hydrogen) atoms. The summed E-state index contributed by atoms with van der Waals surface area (Å²) in [6.45, 7) is 3.89. The molecule has 4 nitrogen and oxygen atoms in total. The van der Waals surface area contributed by atoms with Crippen molar-refractivity contribution in [2.24, 2.45) is 0 Å². The van der Waals surface area contributed by atoms with Crippen molar-refractivity contribution in [2.75, 3.05) is 19.6 Å². The number of aliphatic hydroxyl groups excluding tert-OH is 1. The molecule has 0 spiro atoms. The number of hydrogen-bond acceptors (Lipinski definition) is 3. The number of hydrogen-bond donors (Lipinski definition) is 2. The van der Waals surface area contributed by atoms with Gasteiger partial charge in [-0.25, -0.2) is 0 Å². The largest absolute Gasteiger partial charge is 0.387 e. The fraction of sp³-hybridized carbons (Fsp3) is 0.533. The van der Waals surface area contributed by atoms with Crippen LogP contribution in [0.3, 0.4) is 0 Å². The highest BCUT2D eigenvalue weighted by molar-refractivity contribution is 6.31. The molecule has 1 aromatic carbocycles. The maximum absolute atomic E-state index is 11.0. The Hall–Kier alpha value is -1.10. The summed E-state index contributed by atoms with van der Waals surface area (Å²) < 4.78 is 0. The monoisotopic (exact) mass is 296 g/mol. The van der Waals surface area contributed by atoms with Gasteiger partial charge in [0.25, 0.3) is 0 Å². The average Bonchev–Trinajstić information content (AvgIpc) is 2.41. The lowest BCUT2D eigenvalue weighted by Gasteiger charge is -2.33. The number of halogens is 1. The predicted octanol–water partition coefficient (Wildman–Crippen LogP) is 1.97. The van der Waals surface area contributed by atoms with Crippen molar-refractivity contribution in [1.29, 1.82) is 0 Å². The van der Waals surface area contributed by atoms with Crippen LogP contribution >= 0.6 is 11.6 Å². The lowest BCUT2D eigenvalue weighted by molar-refractivity contribution is -0.120. The summed E-state index contributed by atoms with van der Waals surface area (Å²) in [4.78, 5) is 13.2. The van der Waals surface area contributed by atoms with Gasteiger partial charge in [0.15, 0.2) is 0 Å². The standard InChI is InChI=1S/C15H21ClN2O2/c1-11(19)17-12-6-8-18(9-7-12)10-15(20)13-4-2-3-5-14(13)16/h2-5,12,15,20H,6-10H2,1H3,(H,17,19). The van der Waals surface area contributed by atoms with E-state index in [-0.39, 0.29) is 11.9 Å². The van der Waals surface area contributed by atoms with Crippen LogP contribution in [0.1, 0.15) is 31.4 Å². The molecule has 110 valence electrons. The van der Waals surface area contributed by atoms with Crippen molar-refractivity contribution in [3.8, 4) is 0 Å². The molecule has 1 aliphatic heterocycles. The van der Waals surface area contributed by atoms with Crippen LogP contribution in [0.5, 0.6) is 0 Å². The van der Waals surface area contributed by atoms with E-state index in [4.69, 9.17) is 11.6 Å². The summed E-state index contributed by atoms with van der Waals surface area (Å²) in [5.74, 6) is 0.0274. The molecule has 5 heteroatoms. The molecule has 1 heterocycles. The highest BCUT2D eigenvalue weighted by Gasteiger charge is 2.22. The van der Waals surface area contributed by atoms with Crippen molar-refractivity contribution in [2.45, 2.75) is 31.9 Å². The van der Waals surface area contributed by atoms with Crippen LogP contribution in [0.4, 0.5) is 0 Å². The second-order valence-corrected chi connectivity index (χ2v) is 5.72. The fourth-order valence-electron chi connectivity index (χ4n) is 2.64. The molecule has 2 N–H and O–H groups in total. The second-order valence-electron chi connectivity index (χ2n) is 5.31. The Morgan fingerprint density at radius 3 is 2.70 bits per heavy atom. The number of amides is 1. The van der Waals surface area contributed by atoms with Crippen molar-refractivity contribution in [3.63, 3.8) is 0 Å². The molecule has 2 rings (SSSR count). The SMILES string of the molecule is CC(=O)NC1CCN(CC(O)c2ccccc2Cl)CC1. The number of likely N-dealkylation sites (tertiary alicyclic amines) is 1. The highest BCUT2D eigenvalue weighted by Crippen LogP contribution is 2.24. The zero-order chi connectivity index (χ0) is 14.5. The van der Waals surface area contributed by atoms with Gasteiger partial charge in [-0.1, -0.05) is 29.8 Å². The fourth-order valence-corrected chi connectivity index (χ4v) is 2.90. The molecule has 0 aliphatic carbocycles. The molecule has 0 saturated carbocycles. The number of nitrogens with zero attached hydrogens (tertiary/aromatic N) is 1. The first-order chi connectivity index (χ1) is 9.56. The van der Waals surface area contributed by atoms with Crippen LogP contribution in [-0.2, 0) is 4.79 Å². The van der Waals surface area contributed by atoms with Gasteiger partial charge in [-0.2, -0.15) is 0 Å². The Morgan fingerprint density at radius 1 is 1.45 bits per heavy atom. The van der Waals surface area contributed by atoms with Crippen LogP contribution in [0.25, 0.3) is 0 Å². The molecular formula is C15H21ClN2O2. The maximum atomic E-state index is 11.0. The van der Waals surface area contributed by atoms with E-state index in [1.54, 1.807) is 13.0 Å². The number of carbonyl (C=O) groups is 1. The molecule has 0 aromatic heterocycles. The predicted molar refractivity (Wildman–Crippen MR) is 79.7 cm³/mol. The van der Waals surface area contributed by atoms with Crippen molar-refractivity contribution < 1.29 is 9.90 Å². The van der Waals surface area contributed by atoms with Gasteiger partial charge >= 0.3 is 0 Å². The van der Waals surface area contributed by atoms with Gasteiger partial charge in [0.05, 0.1) is 6.10 Å². The lowest BCUT2D eigenvalue weighted by atomic mass is 10.0. The molecule has 0 radical (unpaired) electrons. The van der Waals surface area contributed by atoms with Crippen LogP contribution < -0.4 is 5.32 Å². The number of benzene rings is 1. The summed E-state index contributed by atoms with van der Waals surface area (Å²) in [7, 11) is 0. The quantitative estimate of drug-likeness (QED) is 0.893. The van der Waals surface area contributed by atoms with E-state index in [1.807, 2.05) is 18.2 Å². The second kappa shape index (κ2) is 7.07. The van der Waals surface area contributed by atoms with Crippen LogP contribution in [0.2, 0.25) is 5.02 Å². The Balaban J connectivity index is 1.83. The number of piperidine rings is 1. The minimum Gasteiger partial charge on any atom is -0.387 e. The minimum absolute atomic E-state index is 0.0274. The summed E-state index contributed by atoms with van der Waals surface area (Å²) in [6.07, 6.45) is 1.28. The van der Waals surface area contributed by atoms with Crippen molar-refractivity contribution in [3.05, 3.63) is 34.9 Å². The first kappa shape index (κ1) is 15.3. The summed E-state index contributed by atoms with van der Waals surface area (Å²) in [6, 6.07) is 7.66. The summed E-state index contributed by atoms with van der Waals surface area (Å²) in [5, 5.41) is 13.8. The highest BCUT2D eigenvalue weighted by atomic mass is 35.5. The maximum Gasteiger partial charge on any atom is 0.217 e. The average molecular weight is 297 g/mol. The van der Waals surface area contributed by atoms with E-state index >= 15 is 0 Å². The zero-order valence-electron chi connectivity index (χ0n) is 11.7. The van der Waals surface area contributed by atoms with Gasteiger partial charge < -0.3 is 15.3 Å². The van der Waals surface area contributed by atoms with Gasteiger partial charge in [0.1, 0.15) is 0 Å². The number of nitrogens with one attached hydrogen (secondary N) is 1. The Labute approximate surface area is 124 Å². The molecule has 1 aliphatic rings. The molecular weight excluding hydrogens is 276 g/mol. The van der Waals surface area contributed by atoms with Crippen molar-refractivity contribution >= 4 is 17.5 Å². The molecule has 1 saturated heterocycles. The van der Waals surface area contributed by atoms with Gasteiger partial charge in [-0.15, -0.1) is 0 Å². The van der Waals surface area contributed by atoms with Crippen LogP contribution in [-0.4, -0.2) is 41.6 Å². The molecule has 1 amide bonds. The summed E-state index contributed by atoms with van der Waals surface area (Å²) >= 11 is 6.09. The third kappa shape index (κ3) is 4.20. The number of aliphatic hydroxyl groups is 1. The third-order valence-corrected chi connectivity index (χ3v) is 4.03. The third-order valence-electron chi connectivity index (χ3n) is 3.69. The first-order valence-corrected chi connectivity index (χ1v) is 7.36. The Morgan fingerprint density at radius 2 is 2.10 bits per heavy atom. The van der Waals surface area contributed by atoms with Crippen LogP contribution in [0.15, 0.2) is 24.3 Å². The summed E-state index contributed by atoms with van der Waals surface area (Å²) in [5.41, 5.74) is 0.776. The van der Waals surface area contributed by atoms with Crippen molar-refractivity contribution in [1.82, 2.24) is 10.2 Å². The number of carbonyl (C=O) groups excluding carboxylic acids is 1. The molecule has 1 atom stereocenters. The van der Waals surface area contributed by atoms with E-state index in [0.717, 1.165) is 31.5 Å². The first-order valence-electron chi connectivity index (χ1n) is 6.98. The lowest BCUT2D eigenvalue weighted by Crippen LogP contribution is -2.45. The molecule has 1 unspecified atom stereocenters. The van der Waals surface area contributed by atoms with E-state index < -0.39 is 6.10 Å². The number of rotatable bonds is 4. The molecule has 1 aromatic rings. The van der Waals surface area contributed by atoms with E-state index in [1.165, 1.54) is 0 Å². The van der Waals surface area contributed by atoms with E-state index in [9.17, 15) is 9.90 Å². The normalized spacial score (nSPS) is 18.8. The Kier molecular flexibility index (Phi) is 5.40. The smallest absolute Gasteiger partial charge is 0.217 e. The topological polar surface area (TPSA) is 52.6 Å². The molecule has 1 fully saturated rings. The minimum atomic E-state index is -0.569. The van der Waals surface area contributed by atoms with Crippen LogP contribution in [0, 0.1) is 0 Å². The van der Waals surface area contributed by atoms with Gasteiger partial charge in [0.2, 0.25) is 5.91 Å². The van der Waals surface area contributed by atoms with Gasteiger partial charge in [-0.3, -0.25) is 4.79 Å².